The van der Waals surface area contributed by atoms with Crippen LogP contribution in [0.4, 0.5) is 29.7 Å². The third-order valence-electron chi connectivity index (χ3n) is 5.64. The average molecular weight is 552 g/mol. The number of hydrogen-bond acceptors (Lipinski definition) is 8. The van der Waals surface area contributed by atoms with Gasteiger partial charge in [0.15, 0.2) is 5.13 Å². The molecule has 0 bridgehead atoms. The predicted molar refractivity (Wildman–Crippen MR) is 140 cm³/mol. The maximum absolute atomic E-state index is 13.6. The first-order valence-electron chi connectivity index (χ1n) is 11.5. The van der Waals surface area contributed by atoms with Crippen LogP contribution in [0.3, 0.4) is 0 Å². The van der Waals surface area contributed by atoms with Crippen LogP contribution in [0.1, 0.15) is 36.7 Å². The van der Waals surface area contributed by atoms with Gasteiger partial charge in [0.05, 0.1) is 25.0 Å². The largest absolute Gasteiger partial charge is 0.477 e. The fraction of sp³-hybridized carbons (Fsp3) is 0.320. The number of aryl methyl sites for hydroxylation is 1. The number of nitrogens with two attached hydrogens (primary N) is 1. The van der Waals surface area contributed by atoms with Crippen LogP contribution in [-0.2, 0) is 17.5 Å². The van der Waals surface area contributed by atoms with Gasteiger partial charge in [0.25, 0.3) is 5.91 Å². The number of anilines is 3. The number of morpholine rings is 1. The lowest BCUT2D eigenvalue weighted by Crippen LogP contribution is -2.36. The number of benzene rings is 2. The Hall–Kier alpha value is -3.68. The van der Waals surface area contributed by atoms with E-state index in [9.17, 15) is 22.8 Å². The Bertz CT molecular complexity index is 1280. The lowest BCUT2D eigenvalue weighted by Gasteiger charge is -2.27. The molecule has 0 aliphatic carbocycles. The van der Waals surface area contributed by atoms with Gasteiger partial charge in [0, 0.05) is 43.6 Å². The summed E-state index contributed by atoms with van der Waals surface area (Å²) in [6.45, 7) is 4.18. The van der Waals surface area contributed by atoms with Crippen molar-refractivity contribution >= 4 is 39.7 Å². The molecular weight excluding hydrogens is 523 g/mol. The minimum atomic E-state index is -4.52. The molecule has 1 fully saturated rings. The molecule has 4 rings (SSSR count). The lowest BCUT2D eigenvalue weighted by atomic mass is 10.0. The van der Waals surface area contributed by atoms with Gasteiger partial charge in [-0.25, -0.2) is 9.78 Å². The fourth-order valence-electron chi connectivity index (χ4n) is 3.53. The molecule has 0 radical (unpaired) electrons. The normalized spacial score (nSPS) is 13.8. The summed E-state index contributed by atoms with van der Waals surface area (Å²) in [5, 5.41) is 14.3. The number of carbonyl (C=O) groups excluding carboxylic acids is 1. The molecule has 13 heteroatoms. The Kier molecular flexibility index (Phi) is 9.66. The second-order valence-corrected chi connectivity index (χ2v) is 9.40. The predicted octanol–water partition coefficient (Wildman–Crippen LogP) is 4.56. The van der Waals surface area contributed by atoms with E-state index in [1.54, 1.807) is 26.1 Å². The zero-order chi connectivity index (χ0) is 27.9. The van der Waals surface area contributed by atoms with E-state index in [-0.39, 0.29) is 28.2 Å². The van der Waals surface area contributed by atoms with Crippen molar-refractivity contribution in [3.63, 3.8) is 0 Å². The highest BCUT2D eigenvalue weighted by molar-refractivity contribution is 7.17. The number of amides is 1. The van der Waals surface area contributed by atoms with E-state index in [0.717, 1.165) is 23.0 Å². The Morgan fingerprint density at radius 2 is 1.89 bits per heavy atom. The van der Waals surface area contributed by atoms with E-state index in [2.05, 4.69) is 15.6 Å². The van der Waals surface area contributed by atoms with Gasteiger partial charge < -0.3 is 26.2 Å². The monoisotopic (exact) mass is 551 g/mol. The third-order valence-corrected chi connectivity index (χ3v) is 6.65. The maximum Gasteiger partial charge on any atom is 0.416 e. The van der Waals surface area contributed by atoms with Gasteiger partial charge in [-0.1, -0.05) is 23.5 Å². The van der Waals surface area contributed by atoms with Crippen LogP contribution in [0, 0.1) is 6.92 Å². The van der Waals surface area contributed by atoms with E-state index >= 15 is 0 Å². The smallest absolute Gasteiger partial charge is 0.416 e. The summed E-state index contributed by atoms with van der Waals surface area (Å²) in [4.78, 5) is 28.6. The molecule has 1 aliphatic rings. The molecule has 0 unspecified atom stereocenters. The molecule has 3 aromatic rings. The van der Waals surface area contributed by atoms with Crippen LogP contribution >= 0.6 is 11.3 Å². The number of carboxylic acid groups (broad SMARTS) is 1. The van der Waals surface area contributed by atoms with E-state index < -0.39 is 23.6 Å². The zero-order valence-electron chi connectivity index (χ0n) is 20.8. The van der Waals surface area contributed by atoms with Gasteiger partial charge in [-0.3, -0.25) is 9.69 Å². The molecule has 1 amide bonds. The number of nitrogens with one attached hydrogen (secondary N) is 2. The van der Waals surface area contributed by atoms with Crippen LogP contribution in [-0.4, -0.2) is 60.2 Å². The maximum atomic E-state index is 13.6. The zero-order valence-corrected chi connectivity index (χ0v) is 21.6. The number of nitrogen functional groups attached to an aromatic ring is 1. The van der Waals surface area contributed by atoms with Gasteiger partial charge in [-0.2, -0.15) is 13.2 Å². The highest BCUT2D eigenvalue weighted by atomic mass is 32.1. The second kappa shape index (κ2) is 12.7. The molecule has 204 valence electrons. The number of carboxylic acids is 1. The van der Waals surface area contributed by atoms with Crippen molar-refractivity contribution in [3.05, 3.63) is 69.7 Å². The molecule has 5 N–H and O–H groups in total. The molecule has 2 aromatic carbocycles. The summed E-state index contributed by atoms with van der Waals surface area (Å²) < 4.78 is 45.9. The van der Waals surface area contributed by atoms with Gasteiger partial charge >= 0.3 is 12.1 Å². The Morgan fingerprint density at radius 1 is 1.18 bits per heavy atom. The van der Waals surface area contributed by atoms with E-state index in [1.165, 1.54) is 24.4 Å². The Labute approximate surface area is 221 Å². The van der Waals surface area contributed by atoms with Crippen molar-refractivity contribution in [3.8, 4) is 0 Å². The minimum Gasteiger partial charge on any atom is -0.477 e. The highest BCUT2D eigenvalue weighted by Crippen LogP contribution is 2.34. The molecule has 0 saturated carbocycles. The summed E-state index contributed by atoms with van der Waals surface area (Å²) in [5.74, 6) is -1.44. The van der Waals surface area contributed by atoms with Crippen molar-refractivity contribution in [1.29, 1.82) is 0 Å². The molecule has 1 aromatic heterocycles. The first-order chi connectivity index (χ1) is 18.0. The summed E-state index contributed by atoms with van der Waals surface area (Å²) in [7, 11) is 1.70. The number of aromatic carboxylic acids is 1. The van der Waals surface area contributed by atoms with Gasteiger partial charge in [-0.15, -0.1) is 0 Å². The minimum absolute atomic E-state index is 0.0854. The number of ether oxygens (including phenoxy) is 1. The van der Waals surface area contributed by atoms with Crippen LogP contribution in [0.5, 0.6) is 0 Å². The summed E-state index contributed by atoms with van der Waals surface area (Å²) in [5.41, 5.74) is 6.87. The molecular formula is C25H28F3N5O4S. The second-order valence-electron chi connectivity index (χ2n) is 8.37. The molecule has 9 nitrogen and oxygen atoms in total. The number of alkyl halides is 3. The Morgan fingerprint density at radius 3 is 2.45 bits per heavy atom. The highest BCUT2D eigenvalue weighted by Gasteiger charge is 2.34. The SMILES string of the molecule is CNc1ncc(C(=O)O)s1.Cc1ccc(C(=O)Nc2ccc(CN3CCOCC3)c(C(F)(F)F)c2)cc1N. The topological polar surface area (TPSA) is 130 Å². The van der Waals surface area contributed by atoms with Gasteiger partial charge in [0.1, 0.15) is 4.88 Å². The Balaban J connectivity index is 0.000000336. The molecule has 1 saturated heterocycles. The van der Waals surface area contributed by atoms with E-state index in [4.69, 9.17) is 15.6 Å². The van der Waals surface area contributed by atoms with E-state index in [0.29, 0.717) is 37.1 Å². The average Bonchev–Trinajstić information content (AvgIpc) is 3.37. The number of thiazole rings is 1. The number of rotatable bonds is 6. The number of hydrogen-bond donors (Lipinski definition) is 4. The number of halogens is 3. The number of aromatic nitrogens is 1. The summed E-state index contributed by atoms with van der Waals surface area (Å²) in [6, 6.07) is 8.65. The van der Waals surface area contributed by atoms with Gasteiger partial charge in [-0.05, 0) is 42.3 Å². The van der Waals surface area contributed by atoms with E-state index in [1.807, 2.05) is 4.90 Å². The molecule has 38 heavy (non-hydrogen) atoms. The standard InChI is InChI=1S/C20H22F3N3O2.C5H6N2O2S/c1-13-2-3-14(10-18(13)24)19(27)25-16-5-4-15(17(11-16)20(21,22)23)12-26-6-8-28-9-7-26;1-6-5-7-2-3(10-5)4(8)9/h2-5,10-11H,6-9,12,24H2,1H3,(H,25,27);2H,1H3,(H,6,7)(H,8,9). The fourth-order valence-corrected chi connectivity index (χ4v) is 4.14. The first-order valence-corrected chi connectivity index (χ1v) is 12.3. The molecule has 1 aliphatic heterocycles. The van der Waals surface area contributed by atoms with Crippen molar-refractivity contribution in [2.45, 2.75) is 19.6 Å². The molecule has 0 spiro atoms. The van der Waals surface area contributed by atoms with Crippen LogP contribution in [0.2, 0.25) is 0 Å². The lowest BCUT2D eigenvalue weighted by molar-refractivity contribution is -0.138. The first kappa shape index (κ1) is 28.9. The van der Waals surface area contributed by atoms with Crippen molar-refractivity contribution in [1.82, 2.24) is 9.88 Å². The van der Waals surface area contributed by atoms with Crippen LogP contribution in [0.15, 0.2) is 42.6 Å². The van der Waals surface area contributed by atoms with Crippen molar-refractivity contribution in [2.24, 2.45) is 0 Å². The van der Waals surface area contributed by atoms with Gasteiger partial charge in [0.2, 0.25) is 0 Å². The third kappa shape index (κ3) is 7.91. The van der Waals surface area contributed by atoms with Crippen LogP contribution in [0.25, 0.3) is 0 Å². The molecule has 0 atom stereocenters. The quantitative estimate of drug-likeness (QED) is 0.328. The summed E-state index contributed by atoms with van der Waals surface area (Å²) in [6.07, 6.45) is -3.19. The van der Waals surface area contributed by atoms with Crippen LogP contribution < -0.4 is 16.4 Å². The van der Waals surface area contributed by atoms with Crippen molar-refractivity contribution < 1.29 is 32.6 Å². The van der Waals surface area contributed by atoms with Crippen molar-refractivity contribution in [2.75, 3.05) is 49.7 Å². The summed E-state index contributed by atoms with van der Waals surface area (Å²) >= 11 is 1.12. The molecule has 2 heterocycles. The number of carbonyl (C=O) groups is 2. The number of nitrogens with zero attached hydrogens (tertiary/aromatic N) is 2.